The molecule has 8 heteroatoms. The van der Waals surface area contributed by atoms with Crippen molar-refractivity contribution in [1.29, 1.82) is 0 Å². The summed E-state index contributed by atoms with van der Waals surface area (Å²) in [6, 6.07) is 8.15. The molecule has 0 radical (unpaired) electrons. The number of sulfonamides is 1. The highest BCUT2D eigenvalue weighted by Crippen LogP contribution is 2.22. The number of hydrogen-bond acceptors (Lipinski definition) is 4. The first-order valence-corrected chi connectivity index (χ1v) is 9.83. The van der Waals surface area contributed by atoms with Crippen molar-refractivity contribution in [2.75, 3.05) is 26.2 Å². The molecule has 1 aromatic heterocycles. The molecule has 3 rings (SSSR count). The Morgan fingerprint density at radius 2 is 2.08 bits per heavy atom. The largest absolute Gasteiger partial charge is 0.337 e. The van der Waals surface area contributed by atoms with Crippen LogP contribution in [0.5, 0.6) is 0 Å². The summed E-state index contributed by atoms with van der Waals surface area (Å²) in [4.78, 5) is 14.6. The molecule has 0 saturated carbocycles. The van der Waals surface area contributed by atoms with Crippen LogP contribution < -0.4 is 0 Å². The van der Waals surface area contributed by atoms with Gasteiger partial charge in [0.15, 0.2) is 0 Å². The van der Waals surface area contributed by atoms with E-state index in [0.29, 0.717) is 38.3 Å². The maximum atomic E-state index is 12.8. The molecule has 134 valence electrons. The zero-order valence-corrected chi connectivity index (χ0v) is 15.0. The molecule has 0 spiro atoms. The SMILES string of the molecule is CCN(CCn1cccn1)C(=O)c1cccc(S(=O)(=O)N2CCC2)c1. The minimum atomic E-state index is -3.49. The van der Waals surface area contributed by atoms with E-state index in [1.165, 1.54) is 10.4 Å². The number of hydrogen-bond donors (Lipinski definition) is 0. The van der Waals surface area contributed by atoms with Crippen LogP contribution in [-0.2, 0) is 16.6 Å². The van der Waals surface area contributed by atoms with E-state index in [0.717, 1.165) is 6.42 Å². The molecule has 0 aliphatic carbocycles. The van der Waals surface area contributed by atoms with Crippen LogP contribution in [0.2, 0.25) is 0 Å². The molecule has 0 unspecified atom stereocenters. The molecule has 7 nitrogen and oxygen atoms in total. The van der Waals surface area contributed by atoms with Gasteiger partial charge in [0.1, 0.15) is 0 Å². The molecule has 1 amide bonds. The molecule has 1 saturated heterocycles. The summed E-state index contributed by atoms with van der Waals surface area (Å²) in [6.45, 7) is 4.65. The highest BCUT2D eigenvalue weighted by Gasteiger charge is 2.29. The summed E-state index contributed by atoms with van der Waals surface area (Å²) in [5, 5.41) is 4.13. The summed E-state index contributed by atoms with van der Waals surface area (Å²) in [5.74, 6) is -0.171. The Balaban J connectivity index is 1.75. The third kappa shape index (κ3) is 3.74. The average molecular weight is 362 g/mol. The van der Waals surface area contributed by atoms with E-state index in [2.05, 4.69) is 5.10 Å². The van der Waals surface area contributed by atoms with Crippen LogP contribution >= 0.6 is 0 Å². The lowest BCUT2D eigenvalue weighted by Gasteiger charge is -2.29. The fourth-order valence-electron chi connectivity index (χ4n) is 2.71. The van der Waals surface area contributed by atoms with Crippen LogP contribution in [0.1, 0.15) is 23.7 Å². The lowest BCUT2D eigenvalue weighted by molar-refractivity contribution is 0.0757. The maximum Gasteiger partial charge on any atom is 0.253 e. The summed E-state index contributed by atoms with van der Waals surface area (Å²) in [7, 11) is -3.49. The Bertz CT molecular complexity index is 829. The van der Waals surface area contributed by atoms with Gasteiger partial charge in [0, 0.05) is 44.1 Å². The summed E-state index contributed by atoms with van der Waals surface area (Å²) >= 11 is 0. The zero-order valence-electron chi connectivity index (χ0n) is 14.2. The highest BCUT2D eigenvalue weighted by atomic mass is 32.2. The molecule has 2 aromatic rings. The van der Waals surface area contributed by atoms with E-state index in [1.807, 2.05) is 19.2 Å². The third-order valence-corrected chi connectivity index (χ3v) is 6.26. The smallest absolute Gasteiger partial charge is 0.253 e. The van der Waals surface area contributed by atoms with Gasteiger partial charge >= 0.3 is 0 Å². The third-order valence-electron chi connectivity index (χ3n) is 4.36. The van der Waals surface area contributed by atoms with Crippen molar-refractivity contribution < 1.29 is 13.2 Å². The number of benzene rings is 1. The van der Waals surface area contributed by atoms with E-state index in [1.54, 1.807) is 34.0 Å². The number of rotatable bonds is 7. The standard InChI is InChI=1S/C17H22N4O3S/c1-2-19(12-13-20-9-4-8-18-20)17(22)15-6-3-7-16(14-15)25(23,24)21-10-5-11-21/h3-4,6-9,14H,2,5,10-13H2,1H3. The molecule has 0 N–H and O–H groups in total. The van der Waals surface area contributed by atoms with Crippen LogP contribution in [0.4, 0.5) is 0 Å². The van der Waals surface area contributed by atoms with E-state index < -0.39 is 10.0 Å². The Morgan fingerprint density at radius 1 is 1.28 bits per heavy atom. The van der Waals surface area contributed by atoms with Gasteiger partial charge in [0.25, 0.3) is 5.91 Å². The lowest BCUT2D eigenvalue weighted by atomic mass is 10.2. The fourth-order valence-corrected chi connectivity index (χ4v) is 4.27. The summed E-state index contributed by atoms with van der Waals surface area (Å²) < 4.78 is 28.2. The van der Waals surface area contributed by atoms with Crippen molar-refractivity contribution in [3.05, 3.63) is 48.3 Å². The van der Waals surface area contributed by atoms with E-state index in [4.69, 9.17) is 0 Å². The van der Waals surface area contributed by atoms with Crippen LogP contribution in [-0.4, -0.2) is 59.5 Å². The van der Waals surface area contributed by atoms with Crippen molar-refractivity contribution in [2.24, 2.45) is 0 Å². The first-order chi connectivity index (χ1) is 12.0. The summed E-state index contributed by atoms with van der Waals surface area (Å²) in [5.41, 5.74) is 0.393. The Morgan fingerprint density at radius 3 is 2.68 bits per heavy atom. The van der Waals surface area contributed by atoms with Crippen molar-refractivity contribution in [3.63, 3.8) is 0 Å². The van der Waals surface area contributed by atoms with Crippen molar-refractivity contribution in [2.45, 2.75) is 24.8 Å². The van der Waals surface area contributed by atoms with Gasteiger partial charge in [-0.25, -0.2) is 8.42 Å². The summed E-state index contributed by atoms with van der Waals surface area (Å²) in [6.07, 6.45) is 4.43. The number of likely N-dealkylation sites (N-methyl/N-ethyl adjacent to an activating group) is 1. The maximum absolute atomic E-state index is 12.8. The molecule has 0 atom stereocenters. The van der Waals surface area contributed by atoms with E-state index in [-0.39, 0.29) is 10.8 Å². The molecule has 1 fully saturated rings. The predicted molar refractivity (Wildman–Crippen MR) is 93.6 cm³/mol. The topological polar surface area (TPSA) is 75.5 Å². The van der Waals surface area contributed by atoms with E-state index >= 15 is 0 Å². The van der Waals surface area contributed by atoms with Gasteiger partial charge in [-0.15, -0.1) is 0 Å². The molecule has 0 bridgehead atoms. The second-order valence-corrected chi connectivity index (χ2v) is 7.88. The van der Waals surface area contributed by atoms with Crippen LogP contribution in [0, 0.1) is 0 Å². The van der Waals surface area contributed by atoms with Crippen LogP contribution in [0.25, 0.3) is 0 Å². The normalized spacial score (nSPS) is 14.9. The zero-order chi connectivity index (χ0) is 17.9. The van der Waals surface area contributed by atoms with Gasteiger partial charge in [-0.05, 0) is 37.6 Å². The van der Waals surface area contributed by atoms with E-state index in [9.17, 15) is 13.2 Å². The molecule has 1 aliphatic heterocycles. The van der Waals surface area contributed by atoms with Gasteiger partial charge in [-0.3, -0.25) is 9.48 Å². The Labute approximate surface area is 147 Å². The molecular weight excluding hydrogens is 340 g/mol. The Hall–Kier alpha value is -2.19. The van der Waals surface area contributed by atoms with Gasteiger partial charge < -0.3 is 4.90 Å². The number of aromatic nitrogens is 2. The number of nitrogens with zero attached hydrogens (tertiary/aromatic N) is 4. The molecular formula is C17H22N4O3S. The minimum absolute atomic E-state index is 0.171. The number of carbonyl (C=O) groups excluding carboxylic acids is 1. The lowest BCUT2D eigenvalue weighted by Crippen LogP contribution is -2.42. The molecule has 2 heterocycles. The van der Waals surface area contributed by atoms with Gasteiger partial charge in [0.05, 0.1) is 11.4 Å². The van der Waals surface area contributed by atoms with Crippen molar-refractivity contribution in [3.8, 4) is 0 Å². The second-order valence-electron chi connectivity index (χ2n) is 5.94. The monoisotopic (exact) mass is 362 g/mol. The first-order valence-electron chi connectivity index (χ1n) is 8.39. The van der Waals surface area contributed by atoms with Crippen LogP contribution in [0.3, 0.4) is 0 Å². The molecule has 1 aliphatic rings. The van der Waals surface area contributed by atoms with Gasteiger partial charge in [-0.1, -0.05) is 6.07 Å². The Kier molecular flexibility index (Phi) is 5.19. The van der Waals surface area contributed by atoms with Crippen LogP contribution in [0.15, 0.2) is 47.6 Å². The predicted octanol–water partition coefficient (Wildman–Crippen LogP) is 1.44. The number of carbonyl (C=O) groups is 1. The molecule has 1 aromatic carbocycles. The second kappa shape index (κ2) is 7.37. The average Bonchev–Trinajstić information content (AvgIpc) is 3.07. The molecule has 25 heavy (non-hydrogen) atoms. The van der Waals surface area contributed by atoms with Crippen molar-refractivity contribution in [1.82, 2.24) is 19.0 Å². The van der Waals surface area contributed by atoms with Gasteiger partial charge in [0.2, 0.25) is 10.0 Å². The minimum Gasteiger partial charge on any atom is -0.337 e. The number of amides is 1. The van der Waals surface area contributed by atoms with Gasteiger partial charge in [-0.2, -0.15) is 9.40 Å². The fraction of sp³-hybridized carbons (Fsp3) is 0.412. The van der Waals surface area contributed by atoms with Crippen molar-refractivity contribution >= 4 is 15.9 Å². The highest BCUT2D eigenvalue weighted by molar-refractivity contribution is 7.89. The quantitative estimate of drug-likeness (QED) is 0.747. The first kappa shape index (κ1) is 17.6.